The highest BCUT2D eigenvalue weighted by atomic mass is 32.1. The van der Waals surface area contributed by atoms with Crippen LogP contribution in [-0.4, -0.2) is 60.1 Å². The SMILES string of the molecule is CNc1snc(C)c1C(=O)NC[C@H](C)N1C[C@H](C)O[C@@H](C)C1. The van der Waals surface area contributed by atoms with Crippen molar-refractivity contribution < 1.29 is 9.53 Å². The van der Waals surface area contributed by atoms with Crippen LogP contribution in [0.2, 0.25) is 0 Å². The van der Waals surface area contributed by atoms with Gasteiger partial charge in [-0.2, -0.15) is 4.37 Å². The molecule has 22 heavy (non-hydrogen) atoms. The van der Waals surface area contributed by atoms with Crippen molar-refractivity contribution >= 4 is 22.4 Å². The summed E-state index contributed by atoms with van der Waals surface area (Å²) in [6, 6.07) is 0.280. The number of hydrogen-bond acceptors (Lipinski definition) is 6. The first-order chi connectivity index (χ1) is 10.4. The zero-order valence-corrected chi connectivity index (χ0v) is 14.8. The molecule has 1 aromatic heterocycles. The quantitative estimate of drug-likeness (QED) is 0.862. The maximum atomic E-state index is 12.4. The third-order valence-electron chi connectivity index (χ3n) is 3.95. The molecule has 2 N–H and O–H groups in total. The van der Waals surface area contributed by atoms with Crippen LogP contribution >= 0.6 is 11.5 Å². The van der Waals surface area contributed by atoms with Crippen LogP contribution in [0.3, 0.4) is 0 Å². The van der Waals surface area contributed by atoms with Gasteiger partial charge in [-0.15, -0.1) is 0 Å². The Morgan fingerprint density at radius 2 is 2.09 bits per heavy atom. The van der Waals surface area contributed by atoms with Gasteiger partial charge >= 0.3 is 0 Å². The number of aromatic nitrogens is 1. The number of amides is 1. The van der Waals surface area contributed by atoms with E-state index in [-0.39, 0.29) is 24.2 Å². The Morgan fingerprint density at radius 1 is 1.45 bits per heavy atom. The maximum Gasteiger partial charge on any atom is 0.256 e. The monoisotopic (exact) mass is 326 g/mol. The number of nitrogens with one attached hydrogen (secondary N) is 2. The molecule has 7 heteroatoms. The second-order valence-electron chi connectivity index (χ2n) is 5.99. The molecule has 1 saturated heterocycles. The summed E-state index contributed by atoms with van der Waals surface area (Å²) in [5, 5.41) is 6.88. The average Bonchev–Trinajstić information content (AvgIpc) is 2.84. The van der Waals surface area contributed by atoms with Gasteiger partial charge in [0, 0.05) is 32.7 Å². The molecule has 0 spiro atoms. The normalized spacial score (nSPS) is 24.0. The molecule has 0 saturated carbocycles. The van der Waals surface area contributed by atoms with Crippen LogP contribution < -0.4 is 10.6 Å². The molecule has 1 aromatic rings. The first-order valence-corrected chi connectivity index (χ1v) is 8.51. The molecule has 1 aliphatic rings. The Hall–Kier alpha value is -1.18. The second kappa shape index (κ2) is 7.39. The summed E-state index contributed by atoms with van der Waals surface area (Å²) in [5.41, 5.74) is 1.43. The zero-order valence-electron chi connectivity index (χ0n) is 14.0. The fraction of sp³-hybridized carbons (Fsp3) is 0.733. The molecular formula is C15H26N4O2S. The van der Waals surface area contributed by atoms with Crippen LogP contribution in [0.5, 0.6) is 0 Å². The summed E-state index contributed by atoms with van der Waals surface area (Å²) in [6.45, 7) is 10.6. The number of ether oxygens (including phenoxy) is 1. The standard InChI is InChI=1S/C15H26N4O2S/c1-9(19-7-10(2)21-11(3)8-19)6-17-14(20)13-12(4)18-22-15(13)16-5/h9-11,16H,6-8H2,1-5H3,(H,17,20)/t9-,10-,11-/m0/s1. The molecule has 1 fully saturated rings. The Kier molecular flexibility index (Phi) is 5.77. The van der Waals surface area contributed by atoms with Crippen LogP contribution in [0.15, 0.2) is 0 Å². The summed E-state index contributed by atoms with van der Waals surface area (Å²) in [4.78, 5) is 14.8. The largest absolute Gasteiger partial charge is 0.378 e. The topological polar surface area (TPSA) is 66.5 Å². The van der Waals surface area contributed by atoms with Crippen LogP contribution in [0.4, 0.5) is 5.00 Å². The van der Waals surface area contributed by atoms with E-state index in [4.69, 9.17) is 4.74 Å². The van der Waals surface area contributed by atoms with E-state index in [0.29, 0.717) is 12.1 Å². The highest BCUT2D eigenvalue weighted by Crippen LogP contribution is 2.23. The highest BCUT2D eigenvalue weighted by Gasteiger charge is 2.26. The average molecular weight is 326 g/mol. The van der Waals surface area contributed by atoms with E-state index in [1.54, 1.807) is 0 Å². The Balaban J connectivity index is 1.91. The summed E-state index contributed by atoms with van der Waals surface area (Å²) in [7, 11) is 1.81. The van der Waals surface area contributed by atoms with Gasteiger partial charge in [-0.3, -0.25) is 9.69 Å². The lowest BCUT2D eigenvalue weighted by molar-refractivity contribution is -0.0778. The Bertz CT molecular complexity index is 510. The van der Waals surface area contributed by atoms with E-state index in [0.717, 1.165) is 23.8 Å². The number of morpholine rings is 1. The smallest absolute Gasteiger partial charge is 0.256 e. The first kappa shape index (κ1) is 17.2. The van der Waals surface area contributed by atoms with E-state index < -0.39 is 0 Å². The summed E-state index contributed by atoms with van der Waals surface area (Å²) in [6.07, 6.45) is 0.474. The third-order valence-corrected chi connectivity index (χ3v) is 4.90. The number of carbonyl (C=O) groups is 1. The number of anilines is 1. The summed E-state index contributed by atoms with van der Waals surface area (Å²) in [5.74, 6) is -0.0585. The molecule has 0 unspecified atom stereocenters. The molecule has 1 amide bonds. The van der Waals surface area contributed by atoms with Crippen LogP contribution in [0.25, 0.3) is 0 Å². The third kappa shape index (κ3) is 3.97. The fourth-order valence-electron chi connectivity index (χ4n) is 2.84. The van der Waals surface area contributed by atoms with Crippen LogP contribution in [0.1, 0.15) is 36.8 Å². The van der Waals surface area contributed by atoms with Gasteiger partial charge in [0.05, 0.1) is 23.5 Å². The number of hydrogen-bond donors (Lipinski definition) is 2. The Labute approximate surface area is 136 Å². The van der Waals surface area contributed by atoms with Crippen molar-refractivity contribution in [3.05, 3.63) is 11.3 Å². The summed E-state index contributed by atoms with van der Waals surface area (Å²) >= 11 is 1.32. The molecule has 0 radical (unpaired) electrons. The van der Waals surface area contributed by atoms with Gasteiger partial charge in [-0.1, -0.05) is 0 Å². The minimum Gasteiger partial charge on any atom is -0.378 e. The van der Waals surface area contributed by atoms with Gasteiger partial charge in [0.2, 0.25) is 0 Å². The molecule has 2 heterocycles. The Morgan fingerprint density at radius 3 is 2.68 bits per heavy atom. The van der Waals surface area contributed by atoms with Gasteiger partial charge in [0.1, 0.15) is 5.00 Å². The molecule has 0 aromatic carbocycles. The van der Waals surface area contributed by atoms with Crippen molar-refractivity contribution in [1.82, 2.24) is 14.6 Å². The minimum atomic E-state index is -0.0585. The van der Waals surface area contributed by atoms with Gasteiger partial charge in [-0.05, 0) is 39.2 Å². The molecule has 124 valence electrons. The van der Waals surface area contributed by atoms with Crippen LogP contribution in [-0.2, 0) is 4.74 Å². The highest BCUT2D eigenvalue weighted by molar-refractivity contribution is 7.10. The van der Waals surface area contributed by atoms with Crippen molar-refractivity contribution in [1.29, 1.82) is 0 Å². The second-order valence-corrected chi connectivity index (χ2v) is 6.77. The number of nitrogens with zero attached hydrogens (tertiary/aromatic N) is 2. The van der Waals surface area contributed by atoms with Gasteiger partial charge in [-0.25, -0.2) is 0 Å². The van der Waals surface area contributed by atoms with Crippen molar-refractivity contribution in [2.75, 3.05) is 32.0 Å². The lowest BCUT2D eigenvalue weighted by atomic mass is 10.1. The zero-order chi connectivity index (χ0) is 16.3. The van der Waals surface area contributed by atoms with E-state index in [1.165, 1.54) is 11.5 Å². The van der Waals surface area contributed by atoms with E-state index >= 15 is 0 Å². The van der Waals surface area contributed by atoms with Gasteiger partial charge in [0.25, 0.3) is 5.91 Å². The maximum absolute atomic E-state index is 12.4. The van der Waals surface area contributed by atoms with Crippen molar-refractivity contribution in [2.45, 2.75) is 45.9 Å². The molecule has 1 aliphatic heterocycles. The summed E-state index contributed by atoms with van der Waals surface area (Å²) < 4.78 is 9.99. The lowest BCUT2D eigenvalue weighted by Crippen LogP contribution is -2.52. The molecule has 2 rings (SSSR count). The van der Waals surface area contributed by atoms with Crippen LogP contribution in [0, 0.1) is 6.92 Å². The molecule has 6 nitrogen and oxygen atoms in total. The predicted octanol–water partition coefficient (Wildman–Crippen LogP) is 1.72. The molecule has 0 bridgehead atoms. The lowest BCUT2D eigenvalue weighted by Gasteiger charge is -2.39. The van der Waals surface area contributed by atoms with Crippen molar-refractivity contribution in [3.63, 3.8) is 0 Å². The van der Waals surface area contributed by atoms with E-state index in [9.17, 15) is 4.79 Å². The predicted molar refractivity (Wildman–Crippen MR) is 89.8 cm³/mol. The molecular weight excluding hydrogens is 300 g/mol. The molecule has 0 aliphatic carbocycles. The molecule has 3 atom stereocenters. The van der Waals surface area contributed by atoms with E-state index in [2.05, 4.69) is 40.7 Å². The van der Waals surface area contributed by atoms with Gasteiger partial charge < -0.3 is 15.4 Å². The van der Waals surface area contributed by atoms with E-state index in [1.807, 2.05) is 14.0 Å². The number of rotatable bonds is 5. The fourth-order valence-corrected chi connectivity index (χ4v) is 3.59. The van der Waals surface area contributed by atoms with Gasteiger partial charge in [0.15, 0.2) is 0 Å². The van der Waals surface area contributed by atoms with Crippen molar-refractivity contribution in [2.24, 2.45) is 0 Å². The first-order valence-electron chi connectivity index (χ1n) is 7.74. The van der Waals surface area contributed by atoms with Crippen molar-refractivity contribution in [3.8, 4) is 0 Å². The number of aryl methyl sites for hydroxylation is 1. The number of carbonyl (C=O) groups excluding carboxylic acids is 1. The minimum absolute atomic E-state index is 0.0585.